The largest absolute Gasteiger partial charge is 0.256 e. The van der Waals surface area contributed by atoms with Crippen LogP contribution in [-0.4, -0.2) is 10.7 Å². The van der Waals surface area contributed by atoms with Gasteiger partial charge >= 0.3 is 0 Å². The third-order valence-corrected chi connectivity index (χ3v) is 3.60. The summed E-state index contributed by atoms with van der Waals surface area (Å²) in [4.78, 5) is 9.22. The summed E-state index contributed by atoms with van der Waals surface area (Å²) < 4.78 is 0. The van der Waals surface area contributed by atoms with Crippen molar-refractivity contribution in [2.45, 2.75) is 26.2 Å². The molecule has 0 radical (unpaired) electrons. The standard InChI is InChI=1S/C14H14N2/c1-9-14(2,3)11-8-15-12-7-5-4-6-10(12)13(11)16-9/h4-8H,1-3H3. The lowest BCUT2D eigenvalue weighted by Crippen LogP contribution is -2.22. The second-order valence-corrected chi connectivity index (χ2v) is 4.86. The first-order valence-electron chi connectivity index (χ1n) is 5.55. The van der Waals surface area contributed by atoms with E-state index in [-0.39, 0.29) is 5.41 Å². The maximum Gasteiger partial charge on any atom is 0.0779 e. The van der Waals surface area contributed by atoms with E-state index >= 15 is 0 Å². The lowest BCUT2D eigenvalue weighted by atomic mass is 9.83. The molecule has 16 heavy (non-hydrogen) atoms. The average Bonchev–Trinajstić information content (AvgIpc) is 2.51. The fourth-order valence-corrected chi connectivity index (χ4v) is 2.21. The van der Waals surface area contributed by atoms with E-state index in [0.29, 0.717) is 0 Å². The highest BCUT2D eigenvalue weighted by atomic mass is 14.8. The van der Waals surface area contributed by atoms with E-state index in [9.17, 15) is 0 Å². The molecule has 0 atom stereocenters. The molecular formula is C14H14N2. The Morgan fingerprint density at radius 2 is 1.88 bits per heavy atom. The van der Waals surface area contributed by atoms with Gasteiger partial charge in [-0.1, -0.05) is 32.0 Å². The highest BCUT2D eigenvalue weighted by molar-refractivity contribution is 6.05. The van der Waals surface area contributed by atoms with Gasteiger partial charge in [0.1, 0.15) is 0 Å². The molecule has 3 rings (SSSR count). The molecule has 2 aromatic rings. The van der Waals surface area contributed by atoms with Gasteiger partial charge in [0, 0.05) is 28.3 Å². The van der Waals surface area contributed by atoms with E-state index in [1.807, 2.05) is 24.4 Å². The Morgan fingerprint density at radius 3 is 2.69 bits per heavy atom. The first-order chi connectivity index (χ1) is 7.60. The summed E-state index contributed by atoms with van der Waals surface area (Å²) in [7, 11) is 0. The molecule has 0 saturated heterocycles. The molecule has 0 aliphatic carbocycles. The number of aliphatic imine (C=N–C) groups is 1. The van der Waals surface area contributed by atoms with Crippen LogP contribution in [-0.2, 0) is 5.41 Å². The third-order valence-electron chi connectivity index (χ3n) is 3.60. The predicted molar refractivity (Wildman–Crippen MR) is 67.5 cm³/mol. The van der Waals surface area contributed by atoms with Crippen molar-refractivity contribution in [3.05, 3.63) is 36.0 Å². The fraction of sp³-hybridized carbons (Fsp3) is 0.286. The molecule has 0 spiro atoms. The van der Waals surface area contributed by atoms with Crippen LogP contribution in [0.5, 0.6) is 0 Å². The number of benzene rings is 1. The smallest absolute Gasteiger partial charge is 0.0779 e. The van der Waals surface area contributed by atoms with Crippen LogP contribution in [0.2, 0.25) is 0 Å². The van der Waals surface area contributed by atoms with E-state index in [1.54, 1.807) is 0 Å². The van der Waals surface area contributed by atoms with Crippen LogP contribution in [0.1, 0.15) is 26.3 Å². The summed E-state index contributed by atoms with van der Waals surface area (Å²) in [5.74, 6) is 0. The fourth-order valence-electron chi connectivity index (χ4n) is 2.21. The molecule has 2 heterocycles. The molecule has 80 valence electrons. The Kier molecular flexibility index (Phi) is 1.73. The van der Waals surface area contributed by atoms with Crippen molar-refractivity contribution >= 4 is 22.3 Å². The van der Waals surface area contributed by atoms with Crippen LogP contribution in [0, 0.1) is 0 Å². The zero-order valence-electron chi connectivity index (χ0n) is 9.78. The monoisotopic (exact) mass is 210 g/mol. The summed E-state index contributed by atoms with van der Waals surface area (Å²) in [6.07, 6.45) is 1.97. The van der Waals surface area contributed by atoms with Gasteiger partial charge in [0.15, 0.2) is 0 Å². The van der Waals surface area contributed by atoms with Crippen LogP contribution in [0.3, 0.4) is 0 Å². The van der Waals surface area contributed by atoms with Gasteiger partial charge in [-0.15, -0.1) is 0 Å². The number of rotatable bonds is 0. The molecule has 1 aliphatic heterocycles. The van der Waals surface area contributed by atoms with Gasteiger partial charge in [0.2, 0.25) is 0 Å². The lowest BCUT2D eigenvalue weighted by molar-refractivity contribution is 0.730. The summed E-state index contributed by atoms with van der Waals surface area (Å²) in [5.41, 5.74) is 4.56. The van der Waals surface area contributed by atoms with Gasteiger partial charge in [-0.05, 0) is 13.0 Å². The van der Waals surface area contributed by atoms with Crippen LogP contribution >= 0.6 is 0 Å². The number of pyridine rings is 1. The first kappa shape index (κ1) is 9.52. The Labute approximate surface area is 95.0 Å². The molecule has 2 nitrogen and oxygen atoms in total. The molecule has 2 heteroatoms. The minimum atomic E-state index is 0.0202. The molecule has 0 saturated carbocycles. The zero-order chi connectivity index (χ0) is 11.3. The topological polar surface area (TPSA) is 25.2 Å². The van der Waals surface area contributed by atoms with Gasteiger partial charge in [0.05, 0.1) is 11.2 Å². The van der Waals surface area contributed by atoms with E-state index < -0.39 is 0 Å². The lowest BCUT2D eigenvalue weighted by Gasteiger charge is -2.19. The number of para-hydroxylation sites is 1. The van der Waals surface area contributed by atoms with Crippen molar-refractivity contribution in [2.75, 3.05) is 0 Å². The van der Waals surface area contributed by atoms with Crippen LogP contribution in [0.4, 0.5) is 5.69 Å². The summed E-state index contributed by atoms with van der Waals surface area (Å²) >= 11 is 0. The molecule has 1 aromatic heterocycles. The summed E-state index contributed by atoms with van der Waals surface area (Å²) in [6, 6.07) is 8.18. The van der Waals surface area contributed by atoms with Crippen LogP contribution in [0.25, 0.3) is 10.9 Å². The second-order valence-electron chi connectivity index (χ2n) is 4.86. The predicted octanol–water partition coefficient (Wildman–Crippen LogP) is 3.62. The SMILES string of the molecule is CC1=Nc2c(cnc3ccccc23)C1(C)C. The van der Waals surface area contributed by atoms with Crippen LogP contribution < -0.4 is 0 Å². The maximum atomic E-state index is 4.71. The highest BCUT2D eigenvalue weighted by Crippen LogP contribution is 2.42. The van der Waals surface area contributed by atoms with Gasteiger partial charge in [-0.2, -0.15) is 0 Å². The minimum Gasteiger partial charge on any atom is -0.256 e. The highest BCUT2D eigenvalue weighted by Gasteiger charge is 2.33. The van der Waals surface area contributed by atoms with Gasteiger partial charge in [-0.25, -0.2) is 0 Å². The van der Waals surface area contributed by atoms with Gasteiger partial charge < -0.3 is 0 Å². The Morgan fingerprint density at radius 1 is 1.12 bits per heavy atom. The van der Waals surface area contributed by atoms with Gasteiger partial charge in [0.25, 0.3) is 0 Å². The normalized spacial score (nSPS) is 17.3. The van der Waals surface area contributed by atoms with E-state index in [4.69, 9.17) is 4.99 Å². The van der Waals surface area contributed by atoms with Crippen molar-refractivity contribution in [1.82, 2.24) is 4.98 Å². The van der Waals surface area contributed by atoms with Crippen molar-refractivity contribution < 1.29 is 0 Å². The number of hydrogen-bond acceptors (Lipinski definition) is 2. The van der Waals surface area contributed by atoms with Crippen molar-refractivity contribution in [2.24, 2.45) is 4.99 Å². The quantitative estimate of drug-likeness (QED) is 0.652. The molecule has 1 aromatic carbocycles. The van der Waals surface area contributed by atoms with E-state index in [1.165, 1.54) is 11.3 Å². The third kappa shape index (κ3) is 1.07. The van der Waals surface area contributed by atoms with Crippen molar-refractivity contribution in [3.8, 4) is 0 Å². The molecule has 0 N–H and O–H groups in total. The van der Waals surface area contributed by atoms with Crippen molar-refractivity contribution in [3.63, 3.8) is 0 Å². The van der Waals surface area contributed by atoms with Crippen molar-refractivity contribution in [1.29, 1.82) is 0 Å². The minimum absolute atomic E-state index is 0.0202. The summed E-state index contributed by atoms with van der Waals surface area (Å²) in [5, 5.41) is 1.16. The number of fused-ring (bicyclic) bond motifs is 3. The number of nitrogens with zero attached hydrogens (tertiary/aromatic N) is 2. The zero-order valence-corrected chi connectivity index (χ0v) is 9.78. The summed E-state index contributed by atoms with van der Waals surface area (Å²) in [6.45, 7) is 6.50. The molecular weight excluding hydrogens is 196 g/mol. The van der Waals surface area contributed by atoms with Gasteiger partial charge in [-0.3, -0.25) is 9.98 Å². The average molecular weight is 210 g/mol. The second kappa shape index (κ2) is 2.91. The van der Waals surface area contributed by atoms with Crippen LogP contribution in [0.15, 0.2) is 35.5 Å². The molecule has 1 aliphatic rings. The number of hydrogen-bond donors (Lipinski definition) is 0. The molecule has 0 amide bonds. The molecule has 0 fully saturated rings. The maximum absolute atomic E-state index is 4.71. The molecule has 0 unspecified atom stereocenters. The number of aromatic nitrogens is 1. The van der Waals surface area contributed by atoms with E-state index in [2.05, 4.69) is 31.8 Å². The first-order valence-corrected chi connectivity index (χ1v) is 5.55. The van der Waals surface area contributed by atoms with E-state index in [0.717, 1.165) is 16.6 Å². The Balaban J connectivity index is 2.43. The Bertz CT molecular complexity index is 609. The molecule has 0 bridgehead atoms. The Hall–Kier alpha value is -1.70.